The van der Waals surface area contributed by atoms with Crippen LogP contribution in [0.4, 0.5) is 15.8 Å². The first-order valence-electron chi connectivity index (χ1n) is 9.86. The molecule has 0 radical (unpaired) electrons. The van der Waals surface area contributed by atoms with Crippen LogP contribution in [0.25, 0.3) is 29.2 Å². The molecule has 2 aliphatic carbocycles. The zero-order valence-corrected chi connectivity index (χ0v) is 16.5. The number of nitrogens with one attached hydrogen (secondary N) is 2. The van der Waals surface area contributed by atoms with Crippen LogP contribution in [-0.4, -0.2) is 14.5 Å². The molecule has 0 amide bonds. The lowest BCUT2D eigenvalue weighted by Crippen LogP contribution is -2.40. The van der Waals surface area contributed by atoms with E-state index in [0.29, 0.717) is 11.0 Å². The van der Waals surface area contributed by atoms with Crippen molar-refractivity contribution in [2.45, 2.75) is 19.8 Å². The van der Waals surface area contributed by atoms with Gasteiger partial charge in [0.05, 0.1) is 45.0 Å². The maximum atomic E-state index is 13.5. The Hall–Kier alpha value is -3.80. The van der Waals surface area contributed by atoms with Crippen molar-refractivity contribution in [2.24, 2.45) is 0 Å². The average Bonchev–Trinajstić information content (AvgIpc) is 2.75. The van der Waals surface area contributed by atoms with Crippen molar-refractivity contribution in [1.82, 2.24) is 14.5 Å². The highest BCUT2D eigenvalue weighted by Crippen LogP contribution is 2.23. The Labute approximate surface area is 172 Å². The summed E-state index contributed by atoms with van der Waals surface area (Å²) in [6, 6.07) is 14.0. The van der Waals surface area contributed by atoms with E-state index in [-0.39, 0.29) is 5.82 Å². The molecule has 1 aromatic heterocycles. The summed E-state index contributed by atoms with van der Waals surface area (Å²) in [5.41, 5.74) is 4.83. The molecular formula is C24H20FN5. The van der Waals surface area contributed by atoms with Gasteiger partial charge in [0.1, 0.15) is 5.82 Å². The van der Waals surface area contributed by atoms with E-state index in [1.807, 2.05) is 25.1 Å². The molecule has 1 aliphatic heterocycles. The van der Waals surface area contributed by atoms with Crippen molar-refractivity contribution in [3.8, 4) is 17.1 Å². The number of hydrogen-bond acceptors (Lipinski definition) is 4. The number of nitrogens with zero attached hydrogens (tertiary/aromatic N) is 3. The van der Waals surface area contributed by atoms with Crippen LogP contribution >= 0.6 is 0 Å². The van der Waals surface area contributed by atoms with E-state index in [2.05, 4.69) is 27.0 Å². The van der Waals surface area contributed by atoms with Crippen LogP contribution in [-0.2, 0) is 0 Å². The molecule has 5 nitrogen and oxygen atoms in total. The molecule has 0 spiro atoms. The molecular weight excluding hydrogens is 377 g/mol. The summed E-state index contributed by atoms with van der Waals surface area (Å²) in [7, 11) is 0. The standard InChI is InChI=1S/C24H20FN5/c1-15-6-9-17(14-27-15)28-21-13-22-24(12-19(21)26)30(18-10-7-16(25)8-11-18)23-5-3-2-4-20(23)29-22/h4-14,26,28H,2-3H2,1H3. The van der Waals surface area contributed by atoms with Crippen molar-refractivity contribution < 1.29 is 4.39 Å². The van der Waals surface area contributed by atoms with Gasteiger partial charge in [-0.2, -0.15) is 0 Å². The largest absolute Gasteiger partial charge is 0.352 e. The van der Waals surface area contributed by atoms with Crippen LogP contribution in [0, 0.1) is 18.2 Å². The molecule has 0 bridgehead atoms. The molecule has 5 rings (SSSR count). The van der Waals surface area contributed by atoms with Crippen LogP contribution < -0.4 is 21.4 Å². The van der Waals surface area contributed by atoms with E-state index in [4.69, 9.17) is 10.4 Å². The first-order chi connectivity index (χ1) is 14.6. The zero-order valence-electron chi connectivity index (χ0n) is 16.5. The summed E-state index contributed by atoms with van der Waals surface area (Å²) >= 11 is 0. The van der Waals surface area contributed by atoms with Crippen LogP contribution in [0.2, 0.25) is 0 Å². The summed E-state index contributed by atoms with van der Waals surface area (Å²) < 4.78 is 15.6. The third kappa shape index (κ3) is 3.26. The normalized spacial score (nSPS) is 12.7. The fraction of sp³-hybridized carbons (Fsp3) is 0.125. The number of benzene rings is 2. The third-order valence-corrected chi connectivity index (χ3v) is 5.22. The second-order valence-corrected chi connectivity index (χ2v) is 7.38. The highest BCUT2D eigenvalue weighted by molar-refractivity contribution is 5.70. The number of halogens is 1. The maximum absolute atomic E-state index is 13.5. The predicted octanol–water partition coefficient (Wildman–Crippen LogP) is 3.40. The fourth-order valence-electron chi connectivity index (χ4n) is 3.73. The van der Waals surface area contributed by atoms with Gasteiger partial charge in [-0.05, 0) is 68.3 Å². The molecule has 6 heteroatoms. The van der Waals surface area contributed by atoms with Gasteiger partial charge in [-0.15, -0.1) is 0 Å². The second kappa shape index (κ2) is 7.22. The molecule has 3 aliphatic rings. The Kier molecular flexibility index (Phi) is 4.39. The Morgan fingerprint density at radius 2 is 1.83 bits per heavy atom. The first-order valence-corrected chi connectivity index (χ1v) is 9.86. The number of rotatable bonds is 3. The maximum Gasteiger partial charge on any atom is 0.123 e. The molecule has 148 valence electrons. The minimum absolute atomic E-state index is 0.276. The second-order valence-electron chi connectivity index (χ2n) is 7.38. The summed E-state index contributed by atoms with van der Waals surface area (Å²) in [5.74, 6) is -0.276. The van der Waals surface area contributed by atoms with Crippen LogP contribution in [0.15, 0.2) is 54.7 Å². The Morgan fingerprint density at radius 3 is 2.60 bits per heavy atom. The summed E-state index contributed by atoms with van der Waals surface area (Å²) in [5, 5.41) is 14.1. The molecule has 2 heterocycles. The van der Waals surface area contributed by atoms with Gasteiger partial charge in [0.15, 0.2) is 0 Å². The molecule has 0 unspecified atom stereocenters. The molecule has 1 aromatic carbocycles. The van der Waals surface area contributed by atoms with Gasteiger partial charge < -0.3 is 9.88 Å². The van der Waals surface area contributed by atoms with Gasteiger partial charge in [0.25, 0.3) is 0 Å². The molecule has 2 N–H and O–H groups in total. The van der Waals surface area contributed by atoms with E-state index < -0.39 is 0 Å². The Balaban J connectivity index is 1.74. The molecule has 30 heavy (non-hydrogen) atoms. The van der Waals surface area contributed by atoms with Crippen molar-refractivity contribution in [3.05, 3.63) is 82.3 Å². The van der Waals surface area contributed by atoms with Crippen LogP contribution in [0.3, 0.4) is 0 Å². The van der Waals surface area contributed by atoms with Crippen LogP contribution in [0.5, 0.6) is 0 Å². The monoisotopic (exact) mass is 397 g/mol. The zero-order chi connectivity index (χ0) is 20.7. The number of aryl methyl sites for hydroxylation is 1. The van der Waals surface area contributed by atoms with Crippen molar-refractivity contribution >= 4 is 23.5 Å². The number of hydrogen-bond donors (Lipinski definition) is 2. The number of pyridine rings is 1. The van der Waals surface area contributed by atoms with E-state index in [1.54, 1.807) is 24.4 Å². The fourth-order valence-corrected chi connectivity index (χ4v) is 3.73. The number of anilines is 2. The SMILES string of the molecule is Cc1ccc(Nc2cc3nc4c(n(-c5ccc(F)cc5)c-3cc2=N)=CCCC=4)cn1. The molecule has 0 saturated carbocycles. The molecule has 2 aromatic rings. The summed E-state index contributed by atoms with van der Waals surface area (Å²) in [6.07, 6.45) is 7.89. The topological polar surface area (TPSA) is 66.6 Å². The number of fused-ring (bicyclic) bond motifs is 2. The first kappa shape index (κ1) is 18.2. The van der Waals surface area contributed by atoms with Gasteiger partial charge in [0.2, 0.25) is 0 Å². The van der Waals surface area contributed by atoms with E-state index in [9.17, 15) is 4.39 Å². The van der Waals surface area contributed by atoms with Crippen molar-refractivity contribution in [3.63, 3.8) is 0 Å². The predicted molar refractivity (Wildman–Crippen MR) is 116 cm³/mol. The lowest BCUT2D eigenvalue weighted by atomic mass is 10.1. The molecule has 0 atom stereocenters. The minimum atomic E-state index is -0.276. The van der Waals surface area contributed by atoms with Gasteiger partial charge in [0, 0.05) is 11.4 Å². The quantitative estimate of drug-likeness (QED) is 0.557. The van der Waals surface area contributed by atoms with Gasteiger partial charge in [-0.1, -0.05) is 12.2 Å². The van der Waals surface area contributed by atoms with Gasteiger partial charge >= 0.3 is 0 Å². The minimum Gasteiger partial charge on any atom is -0.352 e. The number of aromatic nitrogens is 3. The molecule has 0 fully saturated rings. The highest BCUT2D eigenvalue weighted by atomic mass is 19.1. The summed E-state index contributed by atoms with van der Waals surface area (Å²) in [6.45, 7) is 1.94. The van der Waals surface area contributed by atoms with Gasteiger partial charge in [-0.25, -0.2) is 9.37 Å². The Bertz CT molecular complexity index is 1390. The van der Waals surface area contributed by atoms with E-state index in [0.717, 1.165) is 52.0 Å². The lowest BCUT2D eigenvalue weighted by Gasteiger charge is -2.20. The average molecular weight is 397 g/mol. The lowest BCUT2D eigenvalue weighted by molar-refractivity contribution is 0.627. The Morgan fingerprint density at radius 1 is 1.03 bits per heavy atom. The summed E-state index contributed by atoms with van der Waals surface area (Å²) in [4.78, 5) is 9.16. The van der Waals surface area contributed by atoms with E-state index >= 15 is 0 Å². The van der Waals surface area contributed by atoms with Gasteiger partial charge in [-0.3, -0.25) is 10.4 Å². The van der Waals surface area contributed by atoms with E-state index in [1.165, 1.54) is 12.1 Å². The van der Waals surface area contributed by atoms with Crippen LogP contribution in [0.1, 0.15) is 18.5 Å². The third-order valence-electron chi connectivity index (χ3n) is 5.22. The molecule has 0 saturated heterocycles. The smallest absolute Gasteiger partial charge is 0.123 e. The van der Waals surface area contributed by atoms with Crippen molar-refractivity contribution in [2.75, 3.05) is 5.32 Å². The highest BCUT2D eigenvalue weighted by Gasteiger charge is 2.16. The van der Waals surface area contributed by atoms with Crippen molar-refractivity contribution in [1.29, 1.82) is 5.41 Å².